The lowest BCUT2D eigenvalue weighted by molar-refractivity contribution is -0.137. The van der Waals surface area contributed by atoms with Crippen LogP contribution in [0.4, 0.5) is 5.82 Å². The molecule has 1 saturated heterocycles. The Kier molecular flexibility index (Phi) is 14.4. The average molecular weight is 848 g/mol. The number of nitrogens with two attached hydrogens (primary N) is 1. The molecule has 302 valence electrons. The molecule has 2 aromatic heterocycles. The number of nitrogens with one attached hydrogen (secondary N) is 2. The lowest BCUT2D eigenvalue weighted by Crippen LogP contribution is -2.46. The Morgan fingerprint density at radius 2 is 1.78 bits per heavy atom. The first kappa shape index (κ1) is 44.0. The summed E-state index contributed by atoms with van der Waals surface area (Å²) in [6.07, 6.45) is -6.23. The van der Waals surface area contributed by atoms with Crippen molar-refractivity contribution < 1.29 is 80.5 Å². The third-order valence-electron chi connectivity index (χ3n) is 7.83. The Morgan fingerprint density at radius 3 is 2.43 bits per heavy atom. The summed E-state index contributed by atoms with van der Waals surface area (Å²) >= 11 is 1.08. The lowest BCUT2D eigenvalue weighted by Gasteiger charge is -2.30. The van der Waals surface area contributed by atoms with Crippen LogP contribution in [-0.2, 0) is 50.7 Å². The summed E-state index contributed by atoms with van der Waals surface area (Å²) in [6.45, 7) is 4.23. The Balaban J connectivity index is 1.24. The number of phosphoric ester groups is 3. The summed E-state index contributed by atoms with van der Waals surface area (Å²) < 4.78 is 62.0. The molecule has 2 amide bonds. The molecule has 8 atom stereocenters. The molecule has 4 rings (SSSR count). The fraction of sp³-hybridized carbons (Fsp3) is 0.615. The highest BCUT2D eigenvalue weighted by Crippen LogP contribution is 2.61. The quantitative estimate of drug-likeness (QED) is 0.0449. The van der Waals surface area contributed by atoms with E-state index >= 15 is 0 Å². The third-order valence-corrected chi connectivity index (χ3v) is 11.9. The first-order valence-electron chi connectivity index (χ1n) is 15.7. The molecule has 1 aliphatic carbocycles. The lowest BCUT2D eigenvalue weighted by atomic mass is 9.87. The van der Waals surface area contributed by atoms with E-state index in [2.05, 4.69) is 41.0 Å². The Hall–Kier alpha value is -2.70. The first-order valence-corrected chi connectivity index (χ1v) is 21.2. The number of hydrogen-bond acceptors (Lipinski definition) is 18. The maximum atomic E-state index is 12.7. The van der Waals surface area contributed by atoms with E-state index in [4.69, 9.17) is 19.5 Å². The van der Waals surface area contributed by atoms with Crippen LogP contribution in [0, 0.1) is 11.3 Å². The van der Waals surface area contributed by atoms with E-state index in [0.29, 0.717) is 12.2 Å². The van der Waals surface area contributed by atoms with Crippen molar-refractivity contribution in [3.8, 4) is 0 Å². The zero-order valence-corrected chi connectivity index (χ0v) is 32.1. The maximum Gasteiger partial charge on any atom is 0.481 e. The predicted octanol–water partition coefficient (Wildman–Crippen LogP) is -0.759. The molecule has 0 spiro atoms. The van der Waals surface area contributed by atoms with Gasteiger partial charge in [0.05, 0.1) is 25.5 Å². The summed E-state index contributed by atoms with van der Waals surface area (Å²) in [5.41, 5.74) is 5.14. The number of aromatic nitrogens is 4. The highest BCUT2D eigenvalue weighted by atomic mass is 32.2. The van der Waals surface area contributed by atoms with E-state index in [1.54, 1.807) is 0 Å². The summed E-state index contributed by atoms with van der Waals surface area (Å²) in [6, 6.07) is 0. The van der Waals surface area contributed by atoms with Crippen LogP contribution in [0.25, 0.3) is 11.2 Å². The van der Waals surface area contributed by atoms with E-state index in [1.807, 2.05) is 0 Å². The van der Waals surface area contributed by atoms with Crippen LogP contribution in [0.5, 0.6) is 0 Å². The molecule has 0 radical (unpaired) electrons. The van der Waals surface area contributed by atoms with Crippen molar-refractivity contribution in [2.45, 2.75) is 57.3 Å². The fourth-order valence-corrected chi connectivity index (χ4v) is 8.52. The number of amides is 2. The SMILES string of the molecule is C=C1CC1C(=O)SCCNC(=O)CCNC(=O)C(O)C(C)(C)COP(=O)(O)OP(=O)(O)OC[C@H]1O[C@@H](n2cnc3c(N)ncnc32)[C@H](O)[C@@H]1OP(=O)(O)O. The van der Waals surface area contributed by atoms with Crippen LogP contribution < -0.4 is 16.4 Å². The minimum atomic E-state index is -5.56. The molecular formula is C26H40N7O17P3S. The topological polar surface area (TPSA) is 364 Å². The molecule has 28 heteroatoms. The first-order chi connectivity index (χ1) is 25.0. The van der Waals surface area contributed by atoms with E-state index in [-0.39, 0.29) is 47.5 Å². The van der Waals surface area contributed by atoms with Crippen LogP contribution >= 0.6 is 35.2 Å². The molecule has 0 aromatic carbocycles. The van der Waals surface area contributed by atoms with Crippen LogP contribution in [0.15, 0.2) is 24.8 Å². The van der Waals surface area contributed by atoms with Gasteiger partial charge in [0.15, 0.2) is 22.8 Å². The van der Waals surface area contributed by atoms with Crippen molar-refractivity contribution in [3.05, 3.63) is 24.8 Å². The molecule has 2 aromatic rings. The van der Waals surface area contributed by atoms with Crippen molar-refractivity contribution in [2.75, 3.05) is 37.8 Å². The number of thioether (sulfide) groups is 1. The number of fused-ring (bicyclic) bond motifs is 1. The minimum Gasteiger partial charge on any atom is -0.386 e. The van der Waals surface area contributed by atoms with Gasteiger partial charge in [-0.25, -0.2) is 28.6 Å². The van der Waals surface area contributed by atoms with E-state index in [0.717, 1.165) is 34.6 Å². The molecule has 2 fully saturated rings. The van der Waals surface area contributed by atoms with Gasteiger partial charge in [0, 0.05) is 30.7 Å². The number of imidazole rings is 1. The number of nitrogens with zero attached hydrogens (tertiary/aromatic N) is 4. The maximum absolute atomic E-state index is 12.7. The second kappa shape index (κ2) is 17.6. The van der Waals surface area contributed by atoms with Crippen molar-refractivity contribution >= 4 is 69.1 Å². The normalized spacial score (nSPS) is 24.4. The number of rotatable bonds is 20. The molecule has 3 heterocycles. The molecule has 4 unspecified atom stereocenters. The zero-order valence-electron chi connectivity index (χ0n) is 28.6. The molecule has 1 saturated carbocycles. The standard InChI is InChI=1S/C26H40N7O17P3S/c1-13-8-14(13)25(38)54-7-6-28-16(34)4-5-29-23(37)20(36)26(2,3)10-47-53(44,45)50-52(42,43)46-9-15-19(49-51(39,40)41)18(35)24(48-15)33-12-32-17-21(27)30-11-31-22(17)33/h11-12,14-15,18-20,24,35-36H,1,4-10H2,2-3H3,(H,28,34)(H,29,37)(H,42,43)(H,44,45)(H2,27,30,31)(H2,39,40,41)/t14?,15-,18-,19-,20?,24-/m1/s1. The van der Waals surface area contributed by atoms with Crippen LogP contribution in [0.3, 0.4) is 0 Å². The smallest absolute Gasteiger partial charge is 0.386 e. The number of carbonyl (C=O) groups is 3. The Morgan fingerprint density at radius 1 is 1.11 bits per heavy atom. The second-order valence-electron chi connectivity index (χ2n) is 12.7. The van der Waals surface area contributed by atoms with Crippen molar-refractivity contribution in [3.63, 3.8) is 0 Å². The summed E-state index contributed by atoms with van der Waals surface area (Å²) in [4.78, 5) is 87.2. The summed E-state index contributed by atoms with van der Waals surface area (Å²) in [5, 5.41) is 26.3. The number of allylic oxidation sites excluding steroid dienone is 1. The highest BCUT2D eigenvalue weighted by Gasteiger charge is 2.50. The van der Waals surface area contributed by atoms with Gasteiger partial charge in [0.2, 0.25) is 11.8 Å². The molecule has 54 heavy (non-hydrogen) atoms. The molecule has 10 N–H and O–H groups in total. The average Bonchev–Trinajstić information content (AvgIpc) is 3.52. The number of anilines is 1. The number of hydrogen-bond donors (Lipinski definition) is 9. The molecule has 1 aliphatic heterocycles. The van der Waals surface area contributed by atoms with Gasteiger partial charge in [-0.1, -0.05) is 37.8 Å². The van der Waals surface area contributed by atoms with E-state index in [1.165, 1.54) is 13.8 Å². The van der Waals surface area contributed by atoms with Crippen LogP contribution in [0.1, 0.15) is 32.9 Å². The second-order valence-corrected chi connectivity index (χ2v) is 18.0. The predicted molar refractivity (Wildman–Crippen MR) is 184 cm³/mol. The van der Waals surface area contributed by atoms with Gasteiger partial charge < -0.3 is 50.9 Å². The zero-order chi connectivity index (χ0) is 40.2. The van der Waals surface area contributed by atoms with Gasteiger partial charge in [-0.05, 0) is 6.42 Å². The van der Waals surface area contributed by atoms with Crippen molar-refractivity contribution in [1.82, 2.24) is 30.2 Å². The number of aliphatic hydroxyl groups excluding tert-OH is 2. The minimum absolute atomic E-state index is 0.00817. The van der Waals surface area contributed by atoms with E-state index in [9.17, 15) is 57.9 Å². The van der Waals surface area contributed by atoms with Gasteiger partial charge in [-0.15, -0.1) is 0 Å². The van der Waals surface area contributed by atoms with Gasteiger partial charge in [-0.2, -0.15) is 4.31 Å². The van der Waals surface area contributed by atoms with Gasteiger partial charge >= 0.3 is 23.5 Å². The molecule has 24 nitrogen and oxygen atoms in total. The molecule has 0 bridgehead atoms. The molecular weight excluding hydrogens is 807 g/mol. The number of carbonyl (C=O) groups excluding carboxylic acids is 3. The number of aliphatic hydroxyl groups is 2. The van der Waals surface area contributed by atoms with Crippen LogP contribution in [0.2, 0.25) is 0 Å². The Labute approximate surface area is 310 Å². The largest absolute Gasteiger partial charge is 0.481 e. The third kappa shape index (κ3) is 12.1. The fourth-order valence-electron chi connectivity index (χ4n) is 4.84. The van der Waals surface area contributed by atoms with Crippen molar-refractivity contribution in [1.29, 1.82) is 0 Å². The monoisotopic (exact) mass is 847 g/mol. The number of ether oxygens (including phenoxy) is 1. The van der Waals surface area contributed by atoms with Crippen molar-refractivity contribution in [2.24, 2.45) is 11.3 Å². The van der Waals surface area contributed by atoms with Crippen LogP contribution in [-0.4, -0.2) is 123 Å². The van der Waals surface area contributed by atoms with Gasteiger partial charge in [0.25, 0.3) is 0 Å². The summed E-state index contributed by atoms with van der Waals surface area (Å²) in [7, 11) is -16.4. The molecule has 2 aliphatic rings. The number of phosphoric acid groups is 3. The van der Waals surface area contributed by atoms with Gasteiger partial charge in [0.1, 0.15) is 36.3 Å². The van der Waals surface area contributed by atoms with E-state index < -0.39 is 84.6 Å². The van der Waals surface area contributed by atoms with Gasteiger partial charge in [-0.3, -0.25) is 32.5 Å². The Bertz CT molecular complexity index is 1880. The number of nitrogen functional groups attached to an aromatic ring is 1. The highest BCUT2D eigenvalue weighted by molar-refractivity contribution is 8.13. The summed E-state index contributed by atoms with van der Waals surface area (Å²) in [5.74, 6) is -1.22.